The molecule has 0 saturated carbocycles. The monoisotopic (exact) mass is 228 g/mol. The molecule has 0 aromatic rings. The number of amides is 2. The quantitative estimate of drug-likeness (QED) is 0.491. The molecule has 0 aromatic carbocycles. The summed E-state index contributed by atoms with van der Waals surface area (Å²) in [6.07, 6.45) is 2.33. The fourth-order valence-corrected chi connectivity index (χ4v) is 1.12. The summed E-state index contributed by atoms with van der Waals surface area (Å²) in [6.45, 7) is 9.25. The number of hydrogen-bond acceptors (Lipinski definition) is 2. The Balaban J connectivity index is 4.25. The van der Waals surface area contributed by atoms with Crippen LogP contribution in [0.3, 0.4) is 0 Å². The van der Waals surface area contributed by atoms with E-state index in [2.05, 4.69) is 17.2 Å². The molecule has 5 heteroatoms. The minimum absolute atomic E-state index is 0.450. The molecule has 0 bridgehead atoms. The van der Waals surface area contributed by atoms with Crippen molar-refractivity contribution in [2.75, 3.05) is 6.54 Å². The molecule has 5 nitrogen and oxygen atoms in total. The highest BCUT2D eigenvalue weighted by molar-refractivity contribution is 5.83. The first-order valence-corrected chi connectivity index (χ1v) is 5.17. The highest BCUT2D eigenvalue weighted by Gasteiger charge is 2.32. The van der Waals surface area contributed by atoms with Crippen LogP contribution in [0.2, 0.25) is 0 Å². The van der Waals surface area contributed by atoms with Crippen molar-refractivity contribution in [2.45, 2.75) is 33.2 Å². The van der Waals surface area contributed by atoms with Gasteiger partial charge in [0.05, 0.1) is 0 Å². The number of urea groups is 1. The Hall–Kier alpha value is -1.52. The van der Waals surface area contributed by atoms with Crippen molar-refractivity contribution in [3.63, 3.8) is 0 Å². The van der Waals surface area contributed by atoms with Crippen LogP contribution in [0.5, 0.6) is 0 Å². The van der Waals surface area contributed by atoms with Gasteiger partial charge in [-0.2, -0.15) is 0 Å². The third-order valence-electron chi connectivity index (χ3n) is 2.02. The first kappa shape index (κ1) is 14.5. The lowest BCUT2D eigenvalue weighted by atomic mass is 9.87. The van der Waals surface area contributed by atoms with E-state index in [-0.39, 0.29) is 0 Å². The molecule has 0 aromatic heterocycles. The van der Waals surface area contributed by atoms with Gasteiger partial charge < -0.3 is 15.7 Å². The molecular weight excluding hydrogens is 208 g/mol. The van der Waals surface area contributed by atoms with Gasteiger partial charge in [-0.25, -0.2) is 9.59 Å². The van der Waals surface area contributed by atoms with E-state index in [0.29, 0.717) is 13.0 Å². The average Bonchev–Trinajstić information content (AvgIpc) is 2.12. The van der Waals surface area contributed by atoms with Gasteiger partial charge in [-0.3, -0.25) is 0 Å². The maximum absolute atomic E-state index is 11.4. The van der Waals surface area contributed by atoms with Crippen molar-refractivity contribution in [3.8, 4) is 0 Å². The summed E-state index contributed by atoms with van der Waals surface area (Å²) >= 11 is 0. The van der Waals surface area contributed by atoms with E-state index >= 15 is 0 Å². The van der Waals surface area contributed by atoms with E-state index in [1.165, 1.54) is 0 Å². The van der Waals surface area contributed by atoms with E-state index in [1.54, 1.807) is 26.8 Å². The van der Waals surface area contributed by atoms with Crippen LogP contribution >= 0.6 is 0 Å². The molecule has 0 aliphatic carbocycles. The number of carboxylic acids is 1. The number of carboxylic acid groups (broad SMARTS) is 1. The molecule has 0 heterocycles. The van der Waals surface area contributed by atoms with Gasteiger partial charge >= 0.3 is 12.0 Å². The zero-order valence-electron chi connectivity index (χ0n) is 10.0. The van der Waals surface area contributed by atoms with Crippen LogP contribution in [0.1, 0.15) is 27.2 Å². The molecule has 1 atom stereocenters. The lowest BCUT2D eigenvalue weighted by molar-refractivity contribution is -0.141. The molecule has 0 rings (SSSR count). The van der Waals surface area contributed by atoms with Crippen LogP contribution in [-0.4, -0.2) is 29.7 Å². The molecule has 0 aliphatic rings. The highest BCUT2D eigenvalue weighted by atomic mass is 16.4. The fraction of sp³-hybridized carbons (Fsp3) is 0.636. The first-order valence-electron chi connectivity index (χ1n) is 5.17. The van der Waals surface area contributed by atoms with Crippen molar-refractivity contribution in [1.29, 1.82) is 0 Å². The zero-order valence-corrected chi connectivity index (χ0v) is 10.0. The Morgan fingerprint density at radius 2 is 2.00 bits per heavy atom. The lowest BCUT2D eigenvalue weighted by Crippen LogP contribution is -2.52. The molecule has 3 N–H and O–H groups in total. The Kier molecular flexibility index (Phi) is 5.56. The minimum Gasteiger partial charge on any atom is -0.480 e. The SMILES string of the molecule is C=CCCNC(=O)N[C@@H](C(=O)O)C(C)(C)C. The number of rotatable bonds is 5. The summed E-state index contributed by atoms with van der Waals surface area (Å²) < 4.78 is 0. The topological polar surface area (TPSA) is 78.4 Å². The molecule has 0 saturated heterocycles. The molecule has 0 aliphatic heterocycles. The van der Waals surface area contributed by atoms with E-state index < -0.39 is 23.5 Å². The second-order valence-electron chi connectivity index (χ2n) is 4.61. The van der Waals surface area contributed by atoms with Crippen LogP contribution in [0.4, 0.5) is 4.79 Å². The van der Waals surface area contributed by atoms with Gasteiger partial charge in [0.2, 0.25) is 0 Å². The van der Waals surface area contributed by atoms with Crippen molar-refractivity contribution in [1.82, 2.24) is 10.6 Å². The van der Waals surface area contributed by atoms with Gasteiger partial charge in [0.1, 0.15) is 6.04 Å². The predicted octanol–water partition coefficient (Wildman–Crippen LogP) is 1.36. The maximum atomic E-state index is 11.4. The first-order chi connectivity index (χ1) is 7.29. The second-order valence-corrected chi connectivity index (χ2v) is 4.61. The molecule has 92 valence electrons. The summed E-state index contributed by atoms with van der Waals surface area (Å²) in [7, 11) is 0. The molecule has 0 fully saturated rings. The lowest BCUT2D eigenvalue weighted by Gasteiger charge is -2.27. The van der Waals surface area contributed by atoms with Crippen LogP contribution in [0, 0.1) is 5.41 Å². The standard InChI is InChI=1S/C11H20N2O3/c1-5-6-7-12-10(16)13-8(9(14)15)11(2,3)4/h5,8H,1,6-7H2,2-4H3,(H,14,15)(H2,12,13,16)/t8-/m0/s1. The second kappa shape index (κ2) is 6.15. The van der Waals surface area contributed by atoms with Crippen LogP contribution in [0.25, 0.3) is 0 Å². The molecule has 16 heavy (non-hydrogen) atoms. The summed E-state index contributed by atoms with van der Waals surface area (Å²) in [4.78, 5) is 22.3. The van der Waals surface area contributed by atoms with Crippen molar-refractivity contribution >= 4 is 12.0 Å². The Labute approximate surface area is 95.9 Å². The van der Waals surface area contributed by atoms with E-state index in [4.69, 9.17) is 5.11 Å². The summed E-state index contributed by atoms with van der Waals surface area (Å²) in [5.74, 6) is -1.04. The van der Waals surface area contributed by atoms with E-state index in [1.807, 2.05) is 0 Å². The predicted molar refractivity (Wildman–Crippen MR) is 62.2 cm³/mol. The van der Waals surface area contributed by atoms with Gasteiger partial charge in [-0.1, -0.05) is 26.8 Å². The number of carbonyl (C=O) groups excluding carboxylic acids is 1. The number of nitrogens with one attached hydrogen (secondary N) is 2. The number of aliphatic carboxylic acids is 1. The van der Waals surface area contributed by atoms with Gasteiger partial charge in [0.25, 0.3) is 0 Å². The fourth-order valence-electron chi connectivity index (χ4n) is 1.12. The van der Waals surface area contributed by atoms with Crippen molar-refractivity contribution in [3.05, 3.63) is 12.7 Å². The normalized spacial score (nSPS) is 12.7. The van der Waals surface area contributed by atoms with Crippen molar-refractivity contribution < 1.29 is 14.7 Å². The molecule has 0 radical (unpaired) electrons. The third-order valence-corrected chi connectivity index (χ3v) is 2.02. The third kappa shape index (κ3) is 5.38. The summed E-state index contributed by atoms with van der Waals surface area (Å²) in [6, 6.07) is -1.37. The Bertz CT molecular complexity index is 269. The average molecular weight is 228 g/mol. The number of carbonyl (C=O) groups is 2. The number of hydrogen-bond donors (Lipinski definition) is 3. The van der Waals surface area contributed by atoms with Crippen molar-refractivity contribution in [2.24, 2.45) is 5.41 Å². The van der Waals surface area contributed by atoms with E-state index in [0.717, 1.165) is 0 Å². The van der Waals surface area contributed by atoms with Gasteiger partial charge in [0.15, 0.2) is 0 Å². The molecule has 0 spiro atoms. The summed E-state index contributed by atoms with van der Waals surface area (Å²) in [5.41, 5.74) is -0.526. The van der Waals surface area contributed by atoms with Gasteiger partial charge in [0, 0.05) is 6.54 Å². The van der Waals surface area contributed by atoms with Gasteiger partial charge in [-0.15, -0.1) is 6.58 Å². The smallest absolute Gasteiger partial charge is 0.326 e. The van der Waals surface area contributed by atoms with E-state index in [9.17, 15) is 9.59 Å². The minimum atomic E-state index is -1.04. The highest BCUT2D eigenvalue weighted by Crippen LogP contribution is 2.19. The summed E-state index contributed by atoms with van der Waals surface area (Å²) in [5, 5.41) is 14.0. The van der Waals surface area contributed by atoms with Crippen LogP contribution in [-0.2, 0) is 4.79 Å². The largest absolute Gasteiger partial charge is 0.480 e. The Morgan fingerprint density at radius 1 is 1.44 bits per heavy atom. The molecule has 0 unspecified atom stereocenters. The Morgan fingerprint density at radius 3 is 2.38 bits per heavy atom. The zero-order chi connectivity index (χ0) is 12.8. The maximum Gasteiger partial charge on any atom is 0.326 e. The van der Waals surface area contributed by atoms with Crippen LogP contribution < -0.4 is 10.6 Å². The molecular formula is C11H20N2O3. The molecule has 2 amide bonds. The van der Waals surface area contributed by atoms with Gasteiger partial charge in [-0.05, 0) is 11.8 Å². The van der Waals surface area contributed by atoms with Crippen LogP contribution in [0.15, 0.2) is 12.7 Å².